The van der Waals surface area contributed by atoms with E-state index in [-0.39, 0.29) is 5.97 Å². The number of rotatable bonds is 1. The number of carbonyl (C=O) groups excluding carboxylic acids is 1. The molecule has 0 atom stereocenters. The normalized spacial score (nSPS) is 9.73. The minimum Gasteiger partial charge on any atom is -0.464 e. The summed E-state index contributed by atoms with van der Waals surface area (Å²) in [5.41, 5.74) is 0.580. The Morgan fingerprint density at radius 2 is 2.36 bits per heavy atom. The zero-order valence-electron chi connectivity index (χ0n) is 6.30. The van der Waals surface area contributed by atoms with Crippen molar-refractivity contribution in [3.8, 4) is 0 Å². The summed E-state index contributed by atoms with van der Waals surface area (Å²) in [5.74, 6) is -0.296. The van der Waals surface area contributed by atoms with Crippen LogP contribution in [0.4, 0.5) is 0 Å². The summed E-state index contributed by atoms with van der Waals surface area (Å²) in [5, 5.41) is 0. The number of methoxy groups -OCH3 is 1. The van der Waals surface area contributed by atoms with Crippen LogP contribution in [0, 0.1) is 3.57 Å². The molecule has 1 heterocycles. The molecule has 0 bridgehead atoms. The van der Waals surface area contributed by atoms with Crippen molar-refractivity contribution in [2.45, 2.75) is 0 Å². The zero-order chi connectivity index (χ0) is 8.43. The van der Waals surface area contributed by atoms with Crippen molar-refractivity contribution in [1.82, 2.24) is 4.57 Å². The molecular weight excluding hydrogens is 257 g/mol. The summed E-state index contributed by atoms with van der Waals surface area (Å²) >= 11 is 2.15. The van der Waals surface area contributed by atoms with Gasteiger partial charge in [-0.2, -0.15) is 0 Å². The average Bonchev–Trinajstić information content (AvgIpc) is 2.28. The van der Waals surface area contributed by atoms with Crippen LogP contribution in [0.5, 0.6) is 0 Å². The first-order chi connectivity index (χ1) is 5.15. The number of hydrogen-bond acceptors (Lipinski definition) is 2. The number of carbonyl (C=O) groups is 1. The fraction of sp³-hybridized carbons (Fsp3) is 0.286. The monoisotopic (exact) mass is 265 g/mol. The molecule has 60 valence electrons. The number of esters is 1. The zero-order valence-corrected chi connectivity index (χ0v) is 8.45. The standard InChI is InChI=1S/C7H8INO2/c1-9-4-5(8)3-6(9)7(10)11-2/h3-4H,1-2H3. The van der Waals surface area contributed by atoms with Gasteiger partial charge in [0.2, 0.25) is 0 Å². The third kappa shape index (κ3) is 1.74. The molecule has 1 aromatic rings. The number of aryl methyl sites for hydroxylation is 1. The van der Waals surface area contributed by atoms with Crippen LogP contribution in [0.2, 0.25) is 0 Å². The minimum absolute atomic E-state index is 0.296. The topological polar surface area (TPSA) is 31.2 Å². The first-order valence-corrected chi connectivity index (χ1v) is 4.13. The average molecular weight is 265 g/mol. The van der Waals surface area contributed by atoms with E-state index in [1.54, 1.807) is 10.6 Å². The van der Waals surface area contributed by atoms with Gasteiger partial charge in [-0.25, -0.2) is 4.79 Å². The molecule has 0 aliphatic heterocycles. The molecule has 4 heteroatoms. The highest BCUT2D eigenvalue weighted by atomic mass is 127. The molecule has 0 aromatic carbocycles. The van der Waals surface area contributed by atoms with E-state index >= 15 is 0 Å². The molecule has 0 spiro atoms. The summed E-state index contributed by atoms with van der Waals surface area (Å²) in [6.07, 6.45) is 1.87. The highest BCUT2D eigenvalue weighted by Gasteiger charge is 2.09. The molecule has 11 heavy (non-hydrogen) atoms. The SMILES string of the molecule is COC(=O)c1cc(I)cn1C. The van der Waals surface area contributed by atoms with Crippen molar-refractivity contribution in [2.75, 3.05) is 7.11 Å². The van der Waals surface area contributed by atoms with Gasteiger partial charge in [0.1, 0.15) is 5.69 Å². The second-order valence-electron chi connectivity index (χ2n) is 2.15. The van der Waals surface area contributed by atoms with Crippen molar-refractivity contribution in [3.05, 3.63) is 21.5 Å². The summed E-state index contributed by atoms with van der Waals surface area (Å²) < 4.78 is 7.34. The molecule has 0 aliphatic rings. The van der Waals surface area contributed by atoms with Gasteiger partial charge in [0.05, 0.1) is 7.11 Å². The molecule has 0 saturated heterocycles. The summed E-state index contributed by atoms with van der Waals surface area (Å²) in [6, 6.07) is 1.78. The summed E-state index contributed by atoms with van der Waals surface area (Å²) in [4.78, 5) is 11.0. The van der Waals surface area contributed by atoms with Gasteiger partial charge in [-0.05, 0) is 28.7 Å². The second-order valence-corrected chi connectivity index (χ2v) is 3.39. The van der Waals surface area contributed by atoms with Gasteiger partial charge in [-0.15, -0.1) is 0 Å². The summed E-state index contributed by atoms with van der Waals surface area (Å²) in [7, 11) is 3.19. The maximum Gasteiger partial charge on any atom is 0.354 e. The van der Waals surface area contributed by atoms with Crippen LogP contribution in [-0.4, -0.2) is 17.6 Å². The Balaban J connectivity index is 3.03. The number of hydrogen-bond donors (Lipinski definition) is 0. The first-order valence-electron chi connectivity index (χ1n) is 3.05. The Morgan fingerprint density at radius 3 is 2.73 bits per heavy atom. The van der Waals surface area contributed by atoms with Gasteiger partial charge in [-0.1, -0.05) is 0 Å². The maximum absolute atomic E-state index is 11.0. The van der Waals surface area contributed by atoms with E-state index < -0.39 is 0 Å². The van der Waals surface area contributed by atoms with Gasteiger partial charge in [0.25, 0.3) is 0 Å². The van der Waals surface area contributed by atoms with Gasteiger partial charge >= 0.3 is 5.97 Å². The highest BCUT2D eigenvalue weighted by Crippen LogP contribution is 2.10. The lowest BCUT2D eigenvalue weighted by molar-refractivity contribution is 0.0590. The van der Waals surface area contributed by atoms with E-state index in [2.05, 4.69) is 27.3 Å². The molecule has 0 amide bonds. The lowest BCUT2D eigenvalue weighted by Gasteiger charge is -1.98. The number of nitrogens with zero attached hydrogens (tertiary/aromatic N) is 1. The molecule has 1 rings (SSSR count). The Hall–Kier alpha value is -0.520. The van der Waals surface area contributed by atoms with Gasteiger partial charge in [0, 0.05) is 16.8 Å². The third-order valence-electron chi connectivity index (χ3n) is 1.37. The Morgan fingerprint density at radius 1 is 1.73 bits per heavy atom. The van der Waals surface area contributed by atoms with Gasteiger partial charge in [-0.3, -0.25) is 0 Å². The molecule has 0 aliphatic carbocycles. The predicted molar refractivity (Wildman–Crippen MR) is 49.5 cm³/mol. The van der Waals surface area contributed by atoms with Crippen molar-refractivity contribution in [3.63, 3.8) is 0 Å². The van der Waals surface area contributed by atoms with Crippen LogP contribution < -0.4 is 0 Å². The van der Waals surface area contributed by atoms with Crippen LogP contribution in [0.1, 0.15) is 10.5 Å². The predicted octanol–water partition coefficient (Wildman–Crippen LogP) is 1.42. The van der Waals surface area contributed by atoms with E-state index in [9.17, 15) is 4.79 Å². The van der Waals surface area contributed by atoms with Crippen LogP contribution in [0.15, 0.2) is 12.3 Å². The molecule has 0 saturated carbocycles. The molecule has 0 N–H and O–H groups in total. The van der Waals surface area contributed by atoms with E-state index in [0.29, 0.717) is 5.69 Å². The molecule has 0 radical (unpaired) electrons. The lowest BCUT2D eigenvalue weighted by Crippen LogP contribution is -2.06. The first kappa shape index (κ1) is 8.58. The maximum atomic E-state index is 11.0. The minimum atomic E-state index is -0.296. The van der Waals surface area contributed by atoms with E-state index in [0.717, 1.165) is 3.57 Å². The van der Waals surface area contributed by atoms with Crippen molar-refractivity contribution < 1.29 is 9.53 Å². The van der Waals surface area contributed by atoms with Crippen LogP contribution in [0.25, 0.3) is 0 Å². The Bertz CT molecular complexity index is 280. The van der Waals surface area contributed by atoms with Crippen LogP contribution in [-0.2, 0) is 11.8 Å². The Labute approximate surface area is 78.5 Å². The smallest absolute Gasteiger partial charge is 0.354 e. The van der Waals surface area contributed by atoms with Crippen molar-refractivity contribution in [1.29, 1.82) is 0 Å². The second kappa shape index (κ2) is 3.25. The molecule has 3 nitrogen and oxygen atoms in total. The molecule has 0 fully saturated rings. The molecular formula is C7H8INO2. The number of ether oxygens (including phenoxy) is 1. The van der Waals surface area contributed by atoms with Crippen LogP contribution >= 0.6 is 22.6 Å². The third-order valence-corrected chi connectivity index (χ3v) is 1.96. The lowest BCUT2D eigenvalue weighted by atomic mass is 10.4. The van der Waals surface area contributed by atoms with Gasteiger partial charge < -0.3 is 9.30 Å². The summed E-state index contributed by atoms with van der Waals surface area (Å²) in [6.45, 7) is 0. The number of aromatic nitrogens is 1. The quantitative estimate of drug-likeness (QED) is 0.568. The largest absolute Gasteiger partial charge is 0.464 e. The molecule has 1 aromatic heterocycles. The Kier molecular flexibility index (Phi) is 2.53. The fourth-order valence-electron chi connectivity index (χ4n) is 0.832. The molecule has 0 unspecified atom stereocenters. The fourth-order valence-corrected chi connectivity index (χ4v) is 1.54. The van der Waals surface area contributed by atoms with E-state index in [1.165, 1.54) is 7.11 Å². The van der Waals surface area contributed by atoms with Crippen molar-refractivity contribution in [2.24, 2.45) is 7.05 Å². The van der Waals surface area contributed by atoms with Gasteiger partial charge in [0.15, 0.2) is 0 Å². The highest BCUT2D eigenvalue weighted by molar-refractivity contribution is 14.1. The van der Waals surface area contributed by atoms with Crippen molar-refractivity contribution >= 4 is 28.6 Å². The van der Waals surface area contributed by atoms with E-state index in [1.807, 2.05) is 13.2 Å². The number of halogens is 1. The van der Waals surface area contributed by atoms with Crippen LogP contribution in [0.3, 0.4) is 0 Å². The van der Waals surface area contributed by atoms with E-state index in [4.69, 9.17) is 0 Å².